The first-order valence-electron chi connectivity index (χ1n) is 5.00. The molecule has 1 N–H and O–H groups in total. The van der Waals surface area contributed by atoms with Crippen molar-refractivity contribution >= 4 is 17.2 Å². The molecule has 0 atom stereocenters. The molecule has 0 saturated carbocycles. The molecule has 82 valence electrons. The number of nitrogens with zero attached hydrogens (tertiary/aromatic N) is 1. The Bertz CT molecular complexity index is 479. The molecule has 16 heavy (non-hydrogen) atoms. The summed E-state index contributed by atoms with van der Waals surface area (Å²) >= 11 is 1.59. The van der Waals surface area contributed by atoms with Gasteiger partial charge in [-0.3, -0.25) is 4.79 Å². The highest BCUT2D eigenvalue weighted by atomic mass is 32.1. The molecule has 3 nitrogen and oxygen atoms in total. The number of hydrogen-bond donors (Lipinski definition) is 1. The first-order chi connectivity index (χ1) is 7.75. The molecule has 4 heteroatoms. The van der Waals surface area contributed by atoms with Gasteiger partial charge in [0.15, 0.2) is 0 Å². The molecule has 2 aromatic rings. The third-order valence-corrected chi connectivity index (χ3v) is 3.03. The molecule has 1 heterocycles. The van der Waals surface area contributed by atoms with Crippen LogP contribution in [-0.4, -0.2) is 10.9 Å². The molecule has 0 bridgehead atoms. The van der Waals surface area contributed by atoms with Gasteiger partial charge < -0.3 is 5.32 Å². The Labute approximate surface area is 98.2 Å². The lowest BCUT2D eigenvalue weighted by Gasteiger charge is -1.97. The summed E-state index contributed by atoms with van der Waals surface area (Å²) in [5.41, 5.74) is 2.01. The minimum absolute atomic E-state index is 0.0331. The van der Waals surface area contributed by atoms with E-state index < -0.39 is 0 Å². The van der Waals surface area contributed by atoms with E-state index in [0.29, 0.717) is 6.54 Å². The Morgan fingerprint density at radius 3 is 2.81 bits per heavy atom. The molecule has 1 amide bonds. The number of rotatable bonds is 3. The molecule has 1 aromatic heterocycles. The second-order valence-electron chi connectivity index (χ2n) is 3.42. The average molecular weight is 232 g/mol. The lowest BCUT2D eigenvalue weighted by atomic mass is 10.2. The van der Waals surface area contributed by atoms with Crippen molar-refractivity contribution in [2.45, 2.75) is 13.5 Å². The molecule has 2 rings (SSSR count). The van der Waals surface area contributed by atoms with Crippen molar-refractivity contribution in [1.29, 1.82) is 0 Å². The van der Waals surface area contributed by atoms with Gasteiger partial charge in [0.05, 0.1) is 12.2 Å². The van der Waals surface area contributed by atoms with E-state index in [-0.39, 0.29) is 5.91 Å². The van der Waals surface area contributed by atoms with Crippen LogP contribution in [0.25, 0.3) is 10.6 Å². The summed E-state index contributed by atoms with van der Waals surface area (Å²) in [7, 11) is 0. The van der Waals surface area contributed by atoms with E-state index in [1.165, 1.54) is 6.92 Å². The van der Waals surface area contributed by atoms with Crippen molar-refractivity contribution in [3.63, 3.8) is 0 Å². The minimum atomic E-state index is -0.0331. The van der Waals surface area contributed by atoms with Crippen LogP contribution in [0.5, 0.6) is 0 Å². The van der Waals surface area contributed by atoms with Crippen molar-refractivity contribution in [3.8, 4) is 10.6 Å². The monoisotopic (exact) mass is 232 g/mol. The predicted octanol–water partition coefficient (Wildman–Crippen LogP) is 2.45. The first kappa shape index (κ1) is 10.8. The maximum atomic E-state index is 10.8. The van der Waals surface area contributed by atoms with Gasteiger partial charge in [0.25, 0.3) is 0 Å². The molecule has 0 fully saturated rings. The summed E-state index contributed by atoms with van der Waals surface area (Å²) < 4.78 is 0. The predicted molar refractivity (Wildman–Crippen MR) is 65.1 cm³/mol. The molecule has 0 radical (unpaired) electrons. The van der Waals surface area contributed by atoms with Crippen LogP contribution in [0.3, 0.4) is 0 Å². The van der Waals surface area contributed by atoms with E-state index in [0.717, 1.165) is 16.3 Å². The molecule has 0 aliphatic heterocycles. The van der Waals surface area contributed by atoms with Crippen LogP contribution in [0.4, 0.5) is 0 Å². The first-order valence-corrected chi connectivity index (χ1v) is 5.88. The highest BCUT2D eigenvalue weighted by Gasteiger charge is 2.04. The van der Waals surface area contributed by atoms with Gasteiger partial charge in [0, 0.05) is 17.9 Å². The maximum Gasteiger partial charge on any atom is 0.217 e. The fourth-order valence-corrected chi connectivity index (χ4v) is 2.14. The zero-order valence-corrected chi connectivity index (χ0v) is 9.75. The molecule has 0 spiro atoms. The highest BCUT2D eigenvalue weighted by molar-refractivity contribution is 7.13. The summed E-state index contributed by atoms with van der Waals surface area (Å²) in [5.74, 6) is -0.0331. The normalized spacial score (nSPS) is 10.1. The van der Waals surface area contributed by atoms with Gasteiger partial charge in [-0.25, -0.2) is 4.98 Å². The lowest BCUT2D eigenvalue weighted by Crippen LogP contribution is -2.18. The van der Waals surface area contributed by atoms with Gasteiger partial charge in [-0.2, -0.15) is 0 Å². The summed E-state index contributed by atoms with van der Waals surface area (Å²) in [6, 6.07) is 10.0. The molecule has 1 aromatic carbocycles. The quantitative estimate of drug-likeness (QED) is 0.883. The van der Waals surface area contributed by atoms with Gasteiger partial charge in [-0.15, -0.1) is 11.3 Å². The summed E-state index contributed by atoms with van der Waals surface area (Å²) in [6.07, 6.45) is 0. The molecule has 0 unspecified atom stereocenters. The molecular weight excluding hydrogens is 220 g/mol. The number of carbonyl (C=O) groups excluding carboxylic acids is 1. The SMILES string of the molecule is CC(=O)NCc1csc(-c2ccccc2)n1. The second-order valence-corrected chi connectivity index (χ2v) is 4.28. The number of benzene rings is 1. The Hall–Kier alpha value is -1.68. The van der Waals surface area contributed by atoms with E-state index in [9.17, 15) is 4.79 Å². The lowest BCUT2D eigenvalue weighted by molar-refractivity contribution is -0.119. The average Bonchev–Trinajstić information content (AvgIpc) is 2.76. The minimum Gasteiger partial charge on any atom is -0.351 e. The third kappa shape index (κ3) is 2.67. The van der Waals surface area contributed by atoms with E-state index in [1.54, 1.807) is 11.3 Å². The van der Waals surface area contributed by atoms with Crippen LogP contribution in [0.15, 0.2) is 35.7 Å². The van der Waals surface area contributed by atoms with E-state index >= 15 is 0 Å². The van der Waals surface area contributed by atoms with Crippen molar-refractivity contribution in [2.75, 3.05) is 0 Å². The van der Waals surface area contributed by atoms with E-state index in [1.807, 2.05) is 35.7 Å². The molecular formula is C12H12N2OS. The zero-order chi connectivity index (χ0) is 11.4. The van der Waals surface area contributed by atoms with Gasteiger partial charge in [0.1, 0.15) is 5.01 Å². The van der Waals surface area contributed by atoms with Gasteiger partial charge >= 0.3 is 0 Å². The van der Waals surface area contributed by atoms with Gasteiger partial charge in [-0.1, -0.05) is 30.3 Å². The number of aromatic nitrogens is 1. The second kappa shape index (κ2) is 4.90. The largest absolute Gasteiger partial charge is 0.351 e. The van der Waals surface area contributed by atoms with Crippen LogP contribution in [0.1, 0.15) is 12.6 Å². The Balaban J connectivity index is 2.11. The topological polar surface area (TPSA) is 42.0 Å². The third-order valence-electron chi connectivity index (χ3n) is 2.09. The summed E-state index contributed by atoms with van der Waals surface area (Å²) in [4.78, 5) is 15.2. The Morgan fingerprint density at radius 1 is 1.38 bits per heavy atom. The molecule has 0 saturated heterocycles. The number of thiazole rings is 1. The fraction of sp³-hybridized carbons (Fsp3) is 0.167. The highest BCUT2D eigenvalue weighted by Crippen LogP contribution is 2.22. The number of hydrogen-bond acceptors (Lipinski definition) is 3. The van der Waals surface area contributed by atoms with Crippen LogP contribution >= 0.6 is 11.3 Å². The van der Waals surface area contributed by atoms with Crippen molar-refractivity contribution in [3.05, 3.63) is 41.4 Å². The maximum absolute atomic E-state index is 10.8. The fourth-order valence-electron chi connectivity index (χ4n) is 1.32. The number of amides is 1. The van der Waals surface area contributed by atoms with Crippen LogP contribution < -0.4 is 5.32 Å². The van der Waals surface area contributed by atoms with Crippen molar-refractivity contribution in [2.24, 2.45) is 0 Å². The van der Waals surface area contributed by atoms with Gasteiger partial charge in [0.2, 0.25) is 5.91 Å². The van der Waals surface area contributed by atoms with E-state index in [2.05, 4.69) is 10.3 Å². The van der Waals surface area contributed by atoms with Crippen molar-refractivity contribution < 1.29 is 4.79 Å². The molecule has 0 aliphatic rings. The zero-order valence-electron chi connectivity index (χ0n) is 8.93. The molecule has 0 aliphatic carbocycles. The van der Waals surface area contributed by atoms with Crippen LogP contribution in [0.2, 0.25) is 0 Å². The Morgan fingerprint density at radius 2 is 2.12 bits per heavy atom. The van der Waals surface area contributed by atoms with Crippen LogP contribution in [0, 0.1) is 0 Å². The standard InChI is InChI=1S/C12H12N2OS/c1-9(15)13-7-11-8-16-12(14-11)10-5-3-2-4-6-10/h2-6,8H,7H2,1H3,(H,13,15). The number of carbonyl (C=O) groups is 1. The van der Waals surface area contributed by atoms with Crippen LogP contribution in [-0.2, 0) is 11.3 Å². The summed E-state index contributed by atoms with van der Waals surface area (Å²) in [6.45, 7) is 2.00. The summed E-state index contributed by atoms with van der Waals surface area (Å²) in [5, 5.41) is 5.69. The van der Waals surface area contributed by atoms with Gasteiger partial charge in [-0.05, 0) is 0 Å². The van der Waals surface area contributed by atoms with E-state index in [4.69, 9.17) is 0 Å². The number of nitrogens with one attached hydrogen (secondary N) is 1. The smallest absolute Gasteiger partial charge is 0.217 e. The van der Waals surface area contributed by atoms with Crippen molar-refractivity contribution in [1.82, 2.24) is 10.3 Å². The Kier molecular flexibility index (Phi) is 3.31.